The van der Waals surface area contributed by atoms with Crippen molar-refractivity contribution < 1.29 is 9.59 Å². The van der Waals surface area contributed by atoms with E-state index in [1.807, 2.05) is 51.6 Å². The molecule has 0 radical (unpaired) electrons. The van der Waals surface area contributed by atoms with Crippen molar-refractivity contribution in [3.63, 3.8) is 0 Å². The fourth-order valence-electron chi connectivity index (χ4n) is 4.58. The number of aromatic nitrogens is 2. The van der Waals surface area contributed by atoms with Gasteiger partial charge >= 0.3 is 0 Å². The molecule has 2 saturated heterocycles. The van der Waals surface area contributed by atoms with Crippen LogP contribution in [-0.4, -0.2) is 70.9 Å². The van der Waals surface area contributed by atoms with Gasteiger partial charge in [0, 0.05) is 45.2 Å². The van der Waals surface area contributed by atoms with Crippen molar-refractivity contribution in [1.29, 1.82) is 0 Å². The minimum absolute atomic E-state index is 0.0186. The van der Waals surface area contributed by atoms with Crippen LogP contribution >= 0.6 is 11.3 Å². The highest BCUT2D eigenvalue weighted by atomic mass is 32.1. The van der Waals surface area contributed by atoms with E-state index in [4.69, 9.17) is 4.98 Å². The van der Waals surface area contributed by atoms with E-state index in [-0.39, 0.29) is 17.7 Å². The number of nitrogens with zero attached hydrogens (tertiary/aromatic N) is 4. The summed E-state index contributed by atoms with van der Waals surface area (Å²) in [4.78, 5) is 40.8. The molecule has 1 aromatic carbocycles. The van der Waals surface area contributed by atoms with Crippen LogP contribution in [0.15, 0.2) is 41.8 Å². The Morgan fingerprint density at radius 1 is 0.935 bits per heavy atom. The van der Waals surface area contributed by atoms with Crippen LogP contribution in [0.3, 0.4) is 0 Å². The minimum atomic E-state index is 0.0186. The third kappa shape index (κ3) is 4.17. The van der Waals surface area contributed by atoms with Crippen LogP contribution < -0.4 is 4.90 Å². The molecule has 2 aromatic heterocycles. The molecule has 0 saturated carbocycles. The Balaban J connectivity index is 1.17. The molecule has 2 fully saturated rings. The Morgan fingerprint density at radius 2 is 1.77 bits per heavy atom. The normalized spacial score (nSPS) is 18.4. The Labute approximate surface area is 185 Å². The summed E-state index contributed by atoms with van der Waals surface area (Å²) < 4.78 is 0. The number of piperidine rings is 1. The number of hydrogen-bond acceptors (Lipinski definition) is 5. The minimum Gasteiger partial charge on any atom is -0.341 e. The van der Waals surface area contributed by atoms with Gasteiger partial charge in [0.1, 0.15) is 0 Å². The molecule has 31 heavy (non-hydrogen) atoms. The molecule has 2 aliphatic rings. The molecule has 0 atom stereocenters. The topological polar surface area (TPSA) is 72.5 Å². The Morgan fingerprint density at radius 3 is 2.55 bits per heavy atom. The number of amides is 2. The number of hydrogen-bond donors (Lipinski definition) is 1. The summed E-state index contributed by atoms with van der Waals surface area (Å²) in [6, 6.07) is 11.8. The van der Waals surface area contributed by atoms with E-state index in [0.717, 1.165) is 60.8 Å². The van der Waals surface area contributed by atoms with Crippen molar-refractivity contribution in [3.8, 4) is 0 Å². The number of thiophene rings is 1. The van der Waals surface area contributed by atoms with Gasteiger partial charge in [0.2, 0.25) is 11.9 Å². The molecule has 5 rings (SSSR count). The van der Waals surface area contributed by atoms with Crippen LogP contribution in [-0.2, 0) is 4.79 Å². The number of likely N-dealkylation sites (tertiary alicyclic amines) is 1. The van der Waals surface area contributed by atoms with Gasteiger partial charge in [0.05, 0.1) is 15.9 Å². The van der Waals surface area contributed by atoms with E-state index in [1.165, 1.54) is 11.3 Å². The number of anilines is 1. The van der Waals surface area contributed by atoms with E-state index in [2.05, 4.69) is 9.88 Å². The van der Waals surface area contributed by atoms with E-state index >= 15 is 0 Å². The maximum atomic E-state index is 13.2. The van der Waals surface area contributed by atoms with Crippen molar-refractivity contribution in [2.24, 2.45) is 5.92 Å². The fourth-order valence-corrected chi connectivity index (χ4v) is 5.27. The van der Waals surface area contributed by atoms with Crippen LogP contribution in [0, 0.1) is 5.92 Å². The number of imidazole rings is 1. The molecule has 0 unspecified atom stereocenters. The lowest BCUT2D eigenvalue weighted by Crippen LogP contribution is -2.45. The number of H-pyrrole nitrogens is 1. The second kappa shape index (κ2) is 8.70. The zero-order chi connectivity index (χ0) is 21.2. The van der Waals surface area contributed by atoms with Gasteiger partial charge in [-0.25, -0.2) is 4.98 Å². The van der Waals surface area contributed by atoms with Crippen molar-refractivity contribution >= 4 is 40.1 Å². The van der Waals surface area contributed by atoms with E-state index < -0.39 is 0 Å². The molecule has 2 amide bonds. The average Bonchev–Trinajstić information content (AvgIpc) is 3.43. The molecule has 1 N–H and O–H groups in total. The van der Waals surface area contributed by atoms with E-state index in [0.29, 0.717) is 19.6 Å². The highest BCUT2D eigenvalue weighted by Gasteiger charge is 2.31. The number of nitrogens with one attached hydrogen (secondary N) is 1. The van der Waals surface area contributed by atoms with Crippen molar-refractivity contribution in [2.75, 3.05) is 44.2 Å². The molecular formula is C23H27N5O2S. The molecule has 8 heteroatoms. The van der Waals surface area contributed by atoms with Gasteiger partial charge in [-0.05, 0) is 42.8 Å². The van der Waals surface area contributed by atoms with Gasteiger partial charge < -0.3 is 19.7 Å². The first-order valence-electron chi connectivity index (χ1n) is 11.0. The lowest BCUT2D eigenvalue weighted by molar-refractivity contribution is -0.136. The van der Waals surface area contributed by atoms with Gasteiger partial charge in [-0.3, -0.25) is 9.59 Å². The molecular weight excluding hydrogens is 410 g/mol. The van der Waals surface area contributed by atoms with Crippen LogP contribution in [0.1, 0.15) is 28.9 Å². The highest BCUT2D eigenvalue weighted by molar-refractivity contribution is 7.12. The van der Waals surface area contributed by atoms with Crippen LogP contribution in [0.25, 0.3) is 11.0 Å². The zero-order valence-electron chi connectivity index (χ0n) is 17.5. The van der Waals surface area contributed by atoms with E-state index in [1.54, 1.807) is 0 Å². The van der Waals surface area contributed by atoms with Crippen LogP contribution in [0.4, 0.5) is 5.95 Å². The summed E-state index contributed by atoms with van der Waals surface area (Å²) in [6.07, 6.45) is 2.43. The summed E-state index contributed by atoms with van der Waals surface area (Å²) in [5.74, 6) is 1.24. The van der Waals surface area contributed by atoms with Crippen LogP contribution in [0.2, 0.25) is 0 Å². The molecule has 3 aromatic rings. The number of para-hydroxylation sites is 2. The standard InChI is InChI=1S/C23H27N5O2S/c29-21(17-8-12-27(13-9-17)22(30)20-7-3-16-31-20)26-10-4-11-28(15-14-26)23-24-18-5-1-2-6-19(18)25-23/h1-3,5-7,16-17H,4,8-15H2,(H,24,25). The van der Waals surface area contributed by atoms with E-state index in [9.17, 15) is 9.59 Å². The van der Waals surface area contributed by atoms with Gasteiger partial charge in [-0.1, -0.05) is 18.2 Å². The number of aromatic amines is 1. The molecule has 2 aliphatic heterocycles. The molecule has 0 spiro atoms. The molecule has 162 valence electrons. The second-order valence-electron chi connectivity index (χ2n) is 8.29. The number of carbonyl (C=O) groups excluding carboxylic acids is 2. The average molecular weight is 438 g/mol. The van der Waals surface area contributed by atoms with Gasteiger partial charge in [0.25, 0.3) is 5.91 Å². The lowest BCUT2D eigenvalue weighted by Gasteiger charge is -2.33. The predicted molar refractivity (Wildman–Crippen MR) is 122 cm³/mol. The first-order valence-corrected chi connectivity index (χ1v) is 11.9. The van der Waals surface area contributed by atoms with Crippen molar-refractivity contribution in [2.45, 2.75) is 19.3 Å². The molecule has 0 bridgehead atoms. The molecule has 0 aliphatic carbocycles. The number of rotatable bonds is 3. The van der Waals surface area contributed by atoms with Crippen molar-refractivity contribution in [3.05, 3.63) is 46.7 Å². The molecule has 4 heterocycles. The van der Waals surface area contributed by atoms with Crippen LogP contribution in [0.5, 0.6) is 0 Å². The maximum absolute atomic E-state index is 13.2. The SMILES string of the molecule is O=C(c1cccs1)N1CCC(C(=O)N2CCCN(c3nc4ccccc4[nH]3)CC2)CC1. The zero-order valence-corrected chi connectivity index (χ0v) is 18.3. The summed E-state index contributed by atoms with van der Waals surface area (Å²) in [5, 5.41) is 1.93. The largest absolute Gasteiger partial charge is 0.341 e. The fraction of sp³-hybridized carbons (Fsp3) is 0.435. The summed E-state index contributed by atoms with van der Waals surface area (Å²) in [6.45, 7) is 4.48. The van der Waals surface area contributed by atoms with Crippen molar-refractivity contribution in [1.82, 2.24) is 19.8 Å². The predicted octanol–water partition coefficient (Wildman–Crippen LogP) is 3.22. The second-order valence-corrected chi connectivity index (χ2v) is 9.23. The number of fused-ring (bicyclic) bond motifs is 1. The summed E-state index contributed by atoms with van der Waals surface area (Å²) >= 11 is 1.48. The van der Waals surface area contributed by atoms with Gasteiger partial charge in [0.15, 0.2) is 0 Å². The Bertz CT molecular complexity index is 1020. The number of carbonyl (C=O) groups is 2. The molecule has 7 nitrogen and oxygen atoms in total. The third-order valence-corrected chi connectivity index (χ3v) is 7.21. The summed E-state index contributed by atoms with van der Waals surface area (Å²) in [5.41, 5.74) is 2.01. The van der Waals surface area contributed by atoms with Gasteiger partial charge in [-0.2, -0.15) is 0 Å². The monoisotopic (exact) mass is 437 g/mol. The third-order valence-electron chi connectivity index (χ3n) is 6.35. The maximum Gasteiger partial charge on any atom is 0.263 e. The Kier molecular flexibility index (Phi) is 5.63. The highest BCUT2D eigenvalue weighted by Crippen LogP contribution is 2.24. The quantitative estimate of drug-likeness (QED) is 0.683. The smallest absolute Gasteiger partial charge is 0.263 e. The first-order chi connectivity index (χ1) is 15.2. The first kappa shape index (κ1) is 20.1. The Hall–Kier alpha value is -2.87. The number of benzene rings is 1. The summed E-state index contributed by atoms with van der Waals surface area (Å²) in [7, 11) is 0. The lowest BCUT2D eigenvalue weighted by atomic mass is 9.95. The van der Waals surface area contributed by atoms with Gasteiger partial charge in [-0.15, -0.1) is 11.3 Å².